The molecule has 1 rings (SSSR count). The Balaban J connectivity index is 2.92. The molecule has 0 aliphatic carbocycles. The van der Waals surface area contributed by atoms with Crippen molar-refractivity contribution < 1.29 is 4.39 Å². The number of aryl methyl sites for hydroxylation is 1. The summed E-state index contributed by atoms with van der Waals surface area (Å²) in [6, 6.07) is 5.09. The highest BCUT2D eigenvalue weighted by Crippen LogP contribution is 2.34. The third-order valence-electron chi connectivity index (χ3n) is 3.22. The van der Waals surface area contributed by atoms with Gasteiger partial charge in [0.1, 0.15) is 5.82 Å². The van der Waals surface area contributed by atoms with Gasteiger partial charge in [-0.15, -0.1) is 0 Å². The van der Waals surface area contributed by atoms with E-state index in [0.717, 1.165) is 29.1 Å². The molecule has 96 valence electrons. The lowest BCUT2D eigenvalue weighted by Crippen LogP contribution is -2.27. The van der Waals surface area contributed by atoms with Crippen LogP contribution in [-0.2, 0) is 6.42 Å². The van der Waals surface area contributed by atoms with Crippen molar-refractivity contribution >= 4 is 31.9 Å². The van der Waals surface area contributed by atoms with Crippen molar-refractivity contribution in [1.82, 2.24) is 0 Å². The molecule has 0 radical (unpaired) electrons. The molecular weight excluding hydrogens is 347 g/mol. The Morgan fingerprint density at radius 1 is 1.24 bits per heavy atom. The van der Waals surface area contributed by atoms with Gasteiger partial charge in [0, 0.05) is 10.7 Å². The quantitative estimate of drug-likeness (QED) is 0.603. The van der Waals surface area contributed by atoms with Crippen molar-refractivity contribution in [1.29, 1.82) is 0 Å². The summed E-state index contributed by atoms with van der Waals surface area (Å²) < 4.78 is 13.1. The Hall–Kier alpha value is 0.110. The normalized spacial score (nSPS) is 11.8. The Labute approximate surface area is 120 Å². The summed E-state index contributed by atoms with van der Waals surface area (Å²) in [7, 11) is 0. The van der Waals surface area contributed by atoms with Crippen molar-refractivity contribution in [2.24, 2.45) is 5.41 Å². The van der Waals surface area contributed by atoms with Gasteiger partial charge in [0.05, 0.1) is 0 Å². The minimum atomic E-state index is -0.148. The van der Waals surface area contributed by atoms with Gasteiger partial charge in [0.25, 0.3) is 0 Å². The van der Waals surface area contributed by atoms with E-state index in [1.165, 1.54) is 12.0 Å². The van der Waals surface area contributed by atoms with Gasteiger partial charge in [-0.05, 0) is 48.4 Å². The van der Waals surface area contributed by atoms with Crippen molar-refractivity contribution in [2.75, 3.05) is 10.7 Å². The van der Waals surface area contributed by atoms with Crippen molar-refractivity contribution in [3.63, 3.8) is 0 Å². The molecule has 17 heavy (non-hydrogen) atoms. The van der Waals surface area contributed by atoms with Crippen LogP contribution in [0.3, 0.4) is 0 Å². The SMILES string of the molecule is CCCC(CBr)(CBr)Cc1ccc(F)cc1C. The topological polar surface area (TPSA) is 0 Å². The summed E-state index contributed by atoms with van der Waals surface area (Å²) in [5.41, 5.74) is 2.53. The lowest BCUT2D eigenvalue weighted by molar-refractivity contribution is 0.351. The van der Waals surface area contributed by atoms with Crippen LogP contribution in [0.1, 0.15) is 30.9 Å². The molecule has 0 aliphatic rings. The average Bonchev–Trinajstić information content (AvgIpc) is 2.32. The van der Waals surface area contributed by atoms with Gasteiger partial charge in [0.2, 0.25) is 0 Å². The maximum absolute atomic E-state index is 13.1. The number of alkyl halides is 2. The number of benzene rings is 1. The van der Waals surface area contributed by atoms with Gasteiger partial charge >= 0.3 is 0 Å². The molecule has 1 aromatic rings. The van der Waals surface area contributed by atoms with Crippen molar-refractivity contribution in [2.45, 2.75) is 33.1 Å². The second kappa shape index (κ2) is 6.89. The standard InChI is InChI=1S/C14H19Br2F/c1-3-6-14(9-15,10-16)8-12-4-5-13(17)7-11(12)2/h4-5,7H,3,6,8-10H2,1-2H3. The second-order valence-corrected chi connectivity index (χ2v) is 5.89. The highest BCUT2D eigenvalue weighted by molar-refractivity contribution is 9.09. The number of hydrogen-bond donors (Lipinski definition) is 0. The van der Waals surface area contributed by atoms with E-state index in [1.54, 1.807) is 12.1 Å². The predicted molar refractivity (Wildman–Crippen MR) is 79.8 cm³/mol. The number of hydrogen-bond acceptors (Lipinski definition) is 0. The molecule has 0 saturated heterocycles. The van der Waals surface area contributed by atoms with Crippen LogP contribution in [0.25, 0.3) is 0 Å². The van der Waals surface area contributed by atoms with E-state index < -0.39 is 0 Å². The highest BCUT2D eigenvalue weighted by Gasteiger charge is 2.27. The Morgan fingerprint density at radius 2 is 1.88 bits per heavy atom. The van der Waals surface area contributed by atoms with Crippen LogP contribution >= 0.6 is 31.9 Å². The molecule has 0 aromatic heterocycles. The predicted octanol–water partition coefficient (Wildman–Crippen LogP) is 5.25. The summed E-state index contributed by atoms with van der Waals surface area (Å²) in [6.07, 6.45) is 3.32. The van der Waals surface area contributed by atoms with Crippen LogP contribution < -0.4 is 0 Å². The summed E-state index contributed by atoms with van der Waals surface area (Å²) in [4.78, 5) is 0. The highest BCUT2D eigenvalue weighted by atomic mass is 79.9. The first-order valence-electron chi connectivity index (χ1n) is 5.94. The molecule has 0 nitrogen and oxygen atoms in total. The molecule has 0 heterocycles. The van der Waals surface area contributed by atoms with Gasteiger partial charge < -0.3 is 0 Å². The summed E-state index contributed by atoms with van der Waals surface area (Å²) >= 11 is 7.25. The maximum atomic E-state index is 13.1. The molecule has 3 heteroatoms. The van der Waals surface area contributed by atoms with Crippen LogP contribution in [0.4, 0.5) is 4.39 Å². The van der Waals surface area contributed by atoms with E-state index in [-0.39, 0.29) is 11.2 Å². The largest absolute Gasteiger partial charge is 0.207 e. The fourth-order valence-corrected chi connectivity index (χ4v) is 4.03. The summed E-state index contributed by atoms with van der Waals surface area (Å²) in [5.74, 6) is -0.148. The zero-order chi connectivity index (χ0) is 12.9. The van der Waals surface area contributed by atoms with Gasteiger partial charge in [0.15, 0.2) is 0 Å². The minimum absolute atomic E-state index is 0.148. The molecule has 0 bridgehead atoms. The van der Waals surface area contributed by atoms with Crippen LogP contribution in [0.5, 0.6) is 0 Å². The monoisotopic (exact) mass is 364 g/mol. The van der Waals surface area contributed by atoms with Gasteiger partial charge in [-0.25, -0.2) is 4.39 Å². The van der Waals surface area contributed by atoms with E-state index in [1.807, 2.05) is 13.0 Å². The molecule has 0 amide bonds. The summed E-state index contributed by atoms with van der Waals surface area (Å²) in [6.45, 7) is 4.19. The van der Waals surface area contributed by atoms with Crippen molar-refractivity contribution in [3.05, 3.63) is 35.1 Å². The third-order valence-corrected chi connectivity index (χ3v) is 5.60. The first-order valence-corrected chi connectivity index (χ1v) is 8.18. The summed E-state index contributed by atoms with van der Waals surface area (Å²) in [5, 5.41) is 1.94. The average molecular weight is 366 g/mol. The number of rotatable bonds is 6. The molecule has 0 aliphatic heterocycles. The fraction of sp³-hybridized carbons (Fsp3) is 0.571. The van der Waals surface area contributed by atoms with E-state index in [9.17, 15) is 4.39 Å². The molecule has 0 spiro atoms. The molecule has 0 N–H and O–H groups in total. The zero-order valence-electron chi connectivity index (χ0n) is 10.4. The Kier molecular flexibility index (Phi) is 6.14. The van der Waals surface area contributed by atoms with E-state index in [0.29, 0.717) is 0 Å². The smallest absolute Gasteiger partial charge is 0.123 e. The van der Waals surface area contributed by atoms with E-state index in [4.69, 9.17) is 0 Å². The van der Waals surface area contributed by atoms with Gasteiger partial charge in [-0.1, -0.05) is 51.3 Å². The number of halogens is 3. The minimum Gasteiger partial charge on any atom is -0.207 e. The molecule has 0 saturated carbocycles. The first-order chi connectivity index (χ1) is 8.06. The maximum Gasteiger partial charge on any atom is 0.123 e. The lowest BCUT2D eigenvalue weighted by Gasteiger charge is -2.30. The van der Waals surface area contributed by atoms with Crippen LogP contribution in [0.15, 0.2) is 18.2 Å². The fourth-order valence-electron chi connectivity index (χ4n) is 2.14. The van der Waals surface area contributed by atoms with Crippen LogP contribution in [-0.4, -0.2) is 10.7 Å². The van der Waals surface area contributed by atoms with Crippen LogP contribution in [0, 0.1) is 18.2 Å². The lowest BCUT2D eigenvalue weighted by atomic mass is 9.80. The molecule has 0 fully saturated rings. The van der Waals surface area contributed by atoms with Crippen LogP contribution in [0.2, 0.25) is 0 Å². The molecule has 0 atom stereocenters. The zero-order valence-corrected chi connectivity index (χ0v) is 13.6. The van der Waals surface area contributed by atoms with E-state index in [2.05, 4.69) is 38.8 Å². The van der Waals surface area contributed by atoms with E-state index >= 15 is 0 Å². The van der Waals surface area contributed by atoms with Gasteiger partial charge in [-0.3, -0.25) is 0 Å². The first kappa shape index (κ1) is 15.2. The second-order valence-electron chi connectivity index (χ2n) is 4.76. The Bertz CT molecular complexity index is 359. The third kappa shape index (κ3) is 4.06. The van der Waals surface area contributed by atoms with Crippen molar-refractivity contribution in [3.8, 4) is 0 Å². The molecule has 1 aromatic carbocycles. The Morgan fingerprint density at radius 3 is 2.35 bits per heavy atom. The van der Waals surface area contributed by atoms with Gasteiger partial charge in [-0.2, -0.15) is 0 Å². The molecule has 0 unspecified atom stereocenters. The molecular formula is C14H19Br2F.